The molecule has 0 amide bonds. The Labute approximate surface area is 182 Å². The van der Waals surface area contributed by atoms with Gasteiger partial charge in [0.1, 0.15) is 5.75 Å². The summed E-state index contributed by atoms with van der Waals surface area (Å²) in [6.45, 7) is 6.67. The van der Waals surface area contributed by atoms with Gasteiger partial charge in [-0.15, -0.1) is 10.2 Å². The van der Waals surface area contributed by atoms with Crippen molar-refractivity contribution in [3.63, 3.8) is 0 Å². The molecule has 0 atom stereocenters. The molecule has 2 aromatic carbocycles. The number of thioether (sulfide) groups is 1. The number of nitrogens with zero attached hydrogens (tertiary/aromatic N) is 4. The third kappa shape index (κ3) is 5.34. The Morgan fingerprint density at radius 3 is 2.60 bits per heavy atom. The van der Waals surface area contributed by atoms with Gasteiger partial charge in [0.15, 0.2) is 5.16 Å². The molecule has 1 saturated heterocycles. The van der Waals surface area contributed by atoms with Gasteiger partial charge >= 0.3 is 0 Å². The molecule has 0 saturated carbocycles. The zero-order valence-electron chi connectivity index (χ0n) is 17.4. The lowest BCUT2D eigenvalue weighted by Gasteiger charge is -2.28. The Morgan fingerprint density at radius 1 is 1.00 bits per heavy atom. The maximum Gasteiger partial charge on any atom is 0.228 e. The fourth-order valence-corrected chi connectivity index (χ4v) is 4.19. The van der Waals surface area contributed by atoms with Gasteiger partial charge in [-0.2, -0.15) is 0 Å². The zero-order valence-corrected chi connectivity index (χ0v) is 18.2. The Morgan fingerprint density at radius 2 is 1.80 bits per heavy atom. The van der Waals surface area contributed by atoms with Crippen LogP contribution in [0.5, 0.6) is 5.75 Å². The van der Waals surface area contributed by atoms with Crippen LogP contribution in [0.1, 0.15) is 18.1 Å². The van der Waals surface area contributed by atoms with Crippen molar-refractivity contribution in [2.45, 2.75) is 25.0 Å². The highest BCUT2D eigenvalue weighted by molar-refractivity contribution is 7.99. The maximum atomic E-state index is 5.95. The number of aromatic nitrogens is 3. The van der Waals surface area contributed by atoms with Crippen molar-refractivity contribution in [2.75, 3.05) is 43.6 Å². The van der Waals surface area contributed by atoms with Gasteiger partial charge in [-0.1, -0.05) is 61.2 Å². The standard InChI is InChI=1S/C23H28N4O2S/c1-2-19-9-6-10-21(17-19)29-15-16-30-23-25-24-22(26-11-13-28-14-12-26)27(23)18-20-7-4-3-5-8-20/h3-10,17H,2,11-16,18H2,1H3. The Kier molecular flexibility index (Phi) is 7.26. The van der Waals surface area contributed by atoms with Crippen molar-refractivity contribution in [3.05, 3.63) is 65.7 Å². The Balaban J connectivity index is 1.43. The van der Waals surface area contributed by atoms with Gasteiger partial charge < -0.3 is 14.4 Å². The lowest BCUT2D eigenvalue weighted by atomic mass is 10.2. The van der Waals surface area contributed by atoms with Crippen LogP contribution in [-0.4, -0.2) is 53.4 Å². The van der Waals surface area contributed by atoms with Crippen LogP contribution in [0.25, 0.3) is 0 Å². The second-order valence-corrected chi connectivity index (χ2v) is 8.21. The van der Waals surface area contributed by atoms with E-state index in [2.05, 4.69) is 63.0 Å². The van der Waals surface area contributed by atoms with E-state index in [1.54, 1.807) is 11.8 Å². The number of ether oxygens (including phenoxy) is 2. The van der Waals surface area contributed by atoms with Gasteiger partial charge in [0, 0.05) is 18.8 Å². The fraction of sp³-hybridized carbons (Fsp3) is 0.391. The first kappa shape index (κ1) is 20.8. The molecule has 4 rings (SSSR count). The molecule has 158 valence electrons. The van der Waals surface area contributed by atoms with Crippen molar-refractivity contribution in [1.82, 2.24) is 14.8 Å². The number of aryl methyl sites for hydroxylation is 1. The number of benzene rings is 2. The predicted molar refractivity (Wildman–Crippen MR) is 121 cm³/mol. The highest BCUT2D eigenvalue weighted by Gasteiger charge is 2.20. The number of hydrogen-bond acceptors (Lipinski definition) is 6. The van der Waals surface area contributed by atoms with Crippen LogP contribution < -0.4 is 9.64 Å². The first-order valence-electron chi connectivity index (χ1n) is 10.5. The molecule has 6 nitrogen and oxygen atoms in total. The van der Waals surface area contributed by atoms with Gasteiger partial charge in [0.05, 0.1) is 26.4 Å². The van der Waals surface area contributed by atoms with E-state index in [0.717, 1.165) is 61.9 Å². The molecule has 1 aliphatic heterocycles. The number of hydrogen-bond donors (Lipinski definition) is 0. The maximum absolute atomic E-state index is 5.95. The summed E-state index contributed by atoms with van der Waals surface area (Å²) in [4.78, 5) is 2.26. The van der Waals surface area contributed by atoms with Gasteiger partial charge in [-0.05, 0) is 29.7 Å². The molecular weight excluding hydrogens is 396 g/mol. The number of rotatable bonds is 9. The second-order valence-electron chi connectivity index (χ2n) is 7.15. The molecule has 7 heteroatoms. The van der Waals surface area contributed by atoms with Crippen LogP contribution in [0.3, 0.4) is 0 Å². The summed E-state index contributed by atoms with van der Waals surface area (Å²) in [6, 6.07) is 18.8. The van der Waals surface area contributed by atoms with E-state index in [4.69, 9.17) is 9.47 Å². The van der Waals surface area contributed by atoms with E-state index in [1.165, 1.54) is 11.1 Å². The number of anilines is 1. The van der Waals surface area contributed by atoms with Crippen LogP contribution in [-0.2, 0) is 17.7 Å². The van der Waals surface area contributed by atoms with E-state index in [9.17, 15) is 0 Å². The van der Waals surface area contributed by atoms with E-state index < -0.39 is 0 Å². The topological polar surface area (TPSA) is 52.4 Å². The van der Waals surface area contributed by atoms with Crippen molar-refractivity contribution in [1.29, 1.82) is 0 Å². The fourth-order valence-electron chi connectivity index (χ4n) is 3.44. The molecule has 0 spiro atoms. The Hall–Kier alpha value is -2.51. The smallest absolute Gasteiger partial charge is 0.228 e. The number of morpholine rings is 1. The summed E-state index contributed by atoms with van der Waals surface area (Å²) >= 11 is 1.69. The third-order valence-electron chi connectivity index (χ3n) is 5.06. The monoisotopic (exact) mass is 424 g/mol. The lowest BCUT2D eigenvalue weighted by molar-refractivity contribution is 0.121. The van der Waals surface area contributed by atoms with Gasteiger partial charge in [-0.3, -0.25) is 4.57 Å². The lowest BCUT2D eigenvalue weighted by Crippen LogP contribution is -2.38. The quantitative estimate of drug-likeness (QED) is 0.384. The van der Waals surface area contributed by atoms with Crippen LogP contribution >= 0.6 is 11.8 Å². The molecule has 3 aromatic rings. The SMILES string of the molecule is CCc1cccc(OCCSc2nnc(N3CCOCC3)n2Cc2ccccc2)c1. The molecule has 0 unspecified atom stereocenters. The van der Waals surface area contributed by atoms with E-state index in [0.29, 0.717) is 6.61 Å². The molecule has 0 radical (unpaired) electrons. The molecule has 0 bridgehead atoms. The molecule has 30 heavy (non-hydrogen) atoms. The minimum absolute atomic E-state index is 0.628. The average molecular weight is 425 g/mol. The summed E-state index contributed by atoms with van der Waals surface area (Å²) in [7, 11) is 0. The van der Waals surface area contributed by atoms with Crippen molar-refractivity contribution in [3.8, 4) is 5.75 Å². The molecule has 0 aliphatic carbocycles. The second kappa shape index (κ2) is 10.5. The minimum atomic E-state index is 0.628. The zero-order chi connectivity index (χ0) is 20.6. The van der Waals surface area contributed by atoms with Crippen molar-refractivity contribution < 1.29 is 9.47 Å². The summed E-state index contributed by atoms with van der Waals surface area (Å²) < 4.78 is 13.7. The molecule has 1 aliphatic rings. The van der Waals surface area contributed by atoms with Crippen molar-refractivity contribution in [2.24, 2.45) is 0 Å². The molecule has 1 aromatic heterocycles. The highest BCUT2D eigenvalue weighted by Crippen LogP contribution is 2.24. The molecular formula is C23H28N4O2S. The Bertz CT molecular complexity index is 926. The van der Waals surface area contributed by atoms with Crippen LogP contribution in [0.15, 0.2) is 59.8 Å². The summed E-state index contributed by atoms with van der Waals surface area (Å²) in [6.07, 6.45) is 1.01. The summed E-state index contributed by atoms with van der Waals surface area (Å²) in [5.41, 5.74) is 2.53. The molecule has 2 heterocycles. The minimum Gasteiger partial charge on any atom is -0.493 e. The van der Waals surface area contributed by atoms with Crippen LogP contribution in [0, 0.1) is 0 Å². The normalized spacial score (nSPS) is 14.1. The first-order chi connectivity index (χ1) is 14.8. The van der Waals surface area contributed by atoms with Crippen LogP contribution in [0.2, 0.25) is 0 Å². The molecule has 1 fully saturated rings. The van der Waals surface area contributed by atoms with Gasteiger partial charge in [0.25, 0.3) is 0 Å². The molecule has 0 N–H and O–H groups in total. The van der Waals surface area contributed by atoms with Crippen molar-refractivity contribution >= 4 is 17.7 Å². The van der Waals surface area contributed by atoms with E-state index >= 15 is 0 Å². The predicted octanol–water partition coefficient (Wildman–Crippen LogP) is 3.90. The van der Waals surface area contributed by atoms with Gasteiger partial charge in [0.2, 0.25) is 5.95 Å². The largest absolute Gasteiger partial charge is 0.493 e. The summed E-state index contributed by atoms with van der Waals surface area (Å²) in [5, 5.41) is 9.94. The summed E-state index contributed by atoms with van der Waals surface area (Å²) in [5.74, 6) is 2.66. The average Bonchev–Trinajstić information content (AvgIpc) is 3.20. The van der Waals surface area contributed by atoms with Crippen LogP contribution in [0.4, 0.5) is 5.95 Å². The van der Waals surface area contributed by atoms with Gasteiger partial charge in [-0.25, -0.2) is 0 Å². The van der Waals surface area contributed by atoms with E-state index in [-0.39, 0.29) is 0 Å². The van der Waals surface area contributed by atoms with E-state index in [1.807, 2.05) is 18.2 Å². The third-order valence-corrected chi connectivity index (χ3v) is 6.00. The highest BCUT2D eigenvalue weighted by atomic mass is 32.2. The first-order valence-corrected chi connectivity index (χ1v) is 11.5.